The first-order chi connectivity index (χ1) is 14.9. The van der Waals surface area contributed by atoms with E-state index in [0.717, 1.165) is 40.3 Å². The van der Waals surface area contributed by atoms with Crippen LogP contribution in [0.15, 0.2) is 43.0 Å². The number of nitrogens with zero attached hydrogens (tertiary/aromatic N) is 5. The van der Waals surface area contributed by atoms with Crippen LogP contribution < -0.4 is 0 Å². The summed E-state index contributed by atoms with van der Waals surface area (Å²) in [7, 11) is 0. The molecule has 0 bridgehead atoms. The molecule has 0 spiro atoms. The van der Waals surface area contributed by atoms with Crippen molar-refractivity contribution in [1.82, 2.24) is 24.7 Å². The Hall–Kier alpha value is -3.19. The molecule has 4 rings (SSSR count). The SMILES string of the molecule is Cc1nn(CC(=O)Cc2ccc(-c3cnccn3)cn2)c(C)c1C1=CC(C)OC(C)C1. The van der Waals surface area contributed by atoms with Gasteiger partial charge in [-0.3, -0.25) is 24.4 Å². The Morgan fingerprint density at radius 3 is 2.68 bits per heavy atom. The minimum absolute atomic E-state index is 0.0691. The van der Waals surface area contributed by atoms with Crippen LogP contribution in [0.4, 0.5) is 0 Å². The van der Waals surface area contributed by atoms with Gasteiger partial charge >= 0.3 is 0 Å². The fourth-order valence-corrected chi connectivity index (χ4v) is 4.17. The van der Waals surface area contributed by atoms with E-state index in [4.69, 9.17) is 4.74 Å². The van der Waals surface area contributed by atoms with Gasteiger partial charge in [0.2, 0.25) is 0 Å². The molecule has 2 atom stereocenters. The summed E-state index contributed by atoms with van der Waals surface area (Å²) >= 11 is 0. The second kappa shape index (κ2) is 8.89. The Balaban J connectivity index is 1.46. The molecule has 0 amide bonds. The number of ketones is 1. The highest BCUT2D eigenvalue weighted by Crippen LogP contribution is 2.31. The summed E-state index contributed by atoms with van der Waals surface area (Å²) < 4.78 is 7.63. The Kier molecular flexibility index (Phi) is 6.04. The van der Waals surface area contributed by atoms with Gasteiger partial charge in [-0.05, 0) is 51.8 Å². The molecule has 4 heterocycles. The minimum atomic E-state index is 0.0691. The van der Waals surface area contributed by atoms with E-state index in [2.05, 4.69) is 40.0 Å². The fraction of sp³-hybridized carbons (Fsp3) is 0.375. The summed E-state index contributed by atoms with van der Waals surface area (Å²) in [5, 5.41) is 4.65. The molecule has 3 aromatic heterocycles. The van der Waals surface area contributed by atoms with Gasteiger partial charge in [0.1, 0.15) is 6.54 Å². The third-order valence-electron chi connectivity index (χ3n) is 5.48. The van der Waals surface area contributed by atoms with Crippen LogP contribution in [0.5, 0.6) is 0 Å². The molecular formula is C24H27N5O2. The molecule has 0 fully saturated rings. The number of ether oxygens (including phenoxy) is 1. The first kappa shape index (κ1) is 21.1. The molecule has 2 unspecified atom stereocenters. The lowest BCUT2D eigenvalue weighted by Gasteiger charge is -2.25. The van der Waals surface area contributed by atoms with E-state index < -0.39 is 0 Å². The van der Waals surface area contributed by atoms with E-state index in [1.54, 1.807) is 24.8 Å². The number of hydrogen-bond acceptors (Lipinski definition) is 6. The quantitative estimate of drug-likeness (QED) is 0.608. The van der Waals surface area contributed by atoms with Gasteiger partial charge in [-0.15, -0.1) is 0 Å². The number of Topliss-reactive ketones (excluding diaryl/α,β-unsaturated/α-hetero) is 1. The van der Waals surface area contributed by atoms with Crippen LogP contribution in [0.2, 0.25) is 0 Å². The highest BCUT2D eigenvalue weighted by atomic mass is 16.5. The molecule has 0 aromatic carbocycles. The van der Waals surface area contributed by atoms with Crippen molar-refractivity contribution >= 4 is 11.4 Å². The smallest absolute Gasteiger partial charge is 0.160 e. The van der Waals surface area contributed by atoms with Crippen LogP contribution in [-0.2, 0) is 22.5 Å². The van der Waals surface area contributed by atoms with Crippen molar-refractivity contribution in [3.8, 4) is 11.3 Å². The monoisotopic (exact) mass is 417 g/mol. The standard InChI is InChI=1S/C24H27N5O2/c1-15-9-20(10-16(2)31-15)24-17(3)28-29(18(24)4)14-22(30)11-21-6-5-19(12-27-21)23-13-25-7-8-26-23/h5-9,12-13,15-16H,10-11,14H2,1-4H3. The van der Waals surface area contributed by atoms with Crippen LogP contribution in [0, 0.1) is 13.8 Å². The van der Waals surface area contributed by atoms with E-state index in [9.17, 15) is 4.79 Å². The van der Waals surface area contributed by atoms with Crippen LogP contribution in [-0.4, -0.2) is 42.7 Å². The van der Waals surface area contributed by atoms with Gasteiger partial charge in [0.25, 0.3) is 0 Å². The number of rotatable bonds is 6. The number of pyridine rings is 1. The largest absolute Gasteiger partial charge is 0.371 e. The van der Waals surface area contributed by atoms with Crippen LogP contribution >= 0.6 is 0 Å². The maximum absolute atomic E-state index is 12.7. The maximum atomic E-state index is 12.7. The molecule has 0 saturated carbocycles. The number of aromatic nitrogens is 5. The molecular weight excluding hydrogens is 390 g/mol. The predicted octanol–water partition coefficient (Wildman–Crippen LogP) is 3.74. The minimum Gasteiger partial charge on any atom is -0.371 e. The third kappa shape index (κ3) is 4.77. The molecule has 0 saturated heterocycles. The number of carbonyl (C=O) groups is 1. The van der Waals surface area contributed by atoms with E-state index in [1.807, 2.05) is 30.7 Å². The average Bonchev–Trinajstić information content (AvgIpc) is 3.01. The van der Waals surface area contributed by atoms with E-state index in [1.165, 1.54) is 5.57 Å². The topological polar surface area (TPSA) is 82.8 Å². The molecule has 0 radical (unpaired) electrons. The fourth-order valence-electron chi connectivity index (χ4n) is 4.17. The number of hydrogen-bond donors (Lipinski definition) is 0. The lowest BCUT2D eigenvalue weighted by molar-refractivity contribution is -0.119. The first-order valence-corrected chi connectivity index (χ1v) is 10.5. The zero-order valence-electron chi connectivity index (χ0n) is 18.4. The van der Waals surface area contributed by atoms with Gasteiger partial charge in [0, 0.05) is 41.1 Å². The third-order valence-corrected chi connectivity index (χ3v) is 5.48. The summed E-state index contributed by atoms with van der Waals surface area (Å²) in [6.07, 6.45) is 10.2. The number of aryl methyl sites for hydroxylation is 1. The summed E-state index contributed by atoms with van der Waals surface area (Å²) in [6, 6.07) is 3.78. The Bertz CT molecular complexity index is 1100. The highest BCUT2D eigenvalue weighted by molar-refractivity contribution is 5.80. The van der Waals surface area contributed by atoms with Gasteiger partial charge in [0.05, 0.1) is 36.2 Å². The summed E-state index contributed by atoms with van der Waals surface area (Å²) in [4.78, 5) is 25.5. The molecule has 31 heavy (non-hydrogen) atoms. The van der Waals surface area contributed by atoms with E-state index >= 15 is 0 Å². The lowest BCUT2D eigenvalue weighted by atomic mass is 9.95. The van der Waals surface area contributed by atoms with Gasteiger partial charge in [-0.2, -0.15) is 5.10 Å². The zero-order valence-corrected chi connectivity index (χ0v) is 18.4. The molecule has 1 aliphatic rings. The van der Waals surface area contributed by atoms with Crippen molar-refractivity contribution in [3.63, 3.8) is 0 Å². The normalized spacial score (nSPS) is 18.6. The highest BCUT2D eigenvalue weighted by Gasteiger charge is 2.23. The van der Waals surface area contributed by atoms with Gasteiger partial charge in [-0.1, -0.05) is 6.08 Å². The van der Waals surface area contributed by atoms with Gasteiger partial charge in [-0.25, -0.2) is 0 Å². The lowest BCUT2D eigenvalue weighted by Crippen LogP contribution is -2.21. The summed E-state index contributed by atoms with van der Waals surface area (Å²) in [5.41, 5.74) is 6.72. The second-order valence-electron chi connectivity index (χ2n) is 8.10. The first-order valence-electron chi connectivity index (χ1n) is 10.5. The summed E-state index contributed by atoms with van der Waals surface area (Å²) in [6.45, 7) is 8.40. The van der Waals surface area contributed by atoms with Crippen molar-refractivity contribution < 1.29 is 9.53 Å². The van der Waals surface area contributed by atoms with Crippen molar-refractivity contribution in [1.29, 1.82) is 0 Å². The van der Waals surface area contributed by atoms with E-state index in [0.29, 0.717) is 0 Å². The van der Waals surface area contributed by atoms with E-state index in [-0.39, 0.29) is 31.0 Å². The van der Waals surface area contributed by atoms with Crippen molar-refractivity contribution in [2.45, 2.75) is 59.3 Å². The predicted molar refractivity (Wildman–Crippen MR) is 118 cm³/mol. The van der Waals surface area contributed by atoms with Crippen LogP contribution in [0.3, 0.4) is 0 Å². The van der Waals surface area contributed by atoms with Crippen LogP contribution in [0.1, 0.15) is 42.9 Å². The second-order valence-corrected chi connectivity index (χ2v) is 8.10. The molecule has 7 heteroatoms. The maximum Gasteiger partial charge on any atom is 0.160 e. The zero-order chi connectivity index (χ0) is 22.0. The molecule has 0 N–H and O–H groups in total. The van der Waals surface area contributed by atoms with Crippen molar-refractivity contribution in [2.75, 3.05) is 0 Å². The summed E-state index contributed by atoms with van der Waals surface area (Å²) in [5.74, 6) is 0.0691. The van der Waals surface area contributed by atoms with Crippen molar-refractivity contribution in [3.05, 3.63) is 65.6 Å². The van der Waals surface area contributed by atoms with Crippen molar-refractivity contribution in [2.24, 2.45) is 0 Å². The molecule has 0 aliphatic carbocycles. The number of carbonyl (C=O) groups excluding carboxylic acids is 1. The Morgan fingerprint density at radius 1 is 1.16 bits per heavy atom. The van der Waals surface area contributed by atoms with Gasteiger partial charge < -0.3 is 4.74 Å². The van der Waals surface area contributed by atoms with Gasteiger partial charge in [0.15, 0.2) is 5.78 Å². The molecule has 3 aromatic rings. The average molecular weight is 418 g/mol. The Morgan fingerprint density at radius 2 is 2.00 bits per heavy atom. The molecule has 7 nitrogen and oxygen atoms in total. The molecule has 160 valence electrons. The molecule has 1 aliphatic heterocycles. The Labute approximate surface area is 182 Å². The van der Waals surface area contributed by atoms with Crippen LogP contribution in [0.25, 0.3) is 16.8 Å².